The summed E-state index contributed by atoms with van der Waals surface area (Å²) in [5.74, 6) is -1.73. The van der Waals surface area contributed by atoms with Crippen molar-refractivity contribution in [1.82, 2.24) is 0 Å². The molecule has 0 radical (unpaired) electrons. The largest absolute Gasteiger partial charge is 0.478 e. The Morgan fingerprint density at radius 2 is 2.06 bits per heavy atom. The van der Waals surface area contributed by atoms with Crippen molar-refractivity contribution in [2.24, 2.45) is 0 Å². The standard InChI is InChI=1S/C10H9Cl2NO4/c1-17-8(14)4-13-9-6(10(15)16)2-5(11)3-7(9)12/h2-3,13H,4H2,1H3,(H,15,16). The molecule has 0 aromatic heterocycles. The highest BCUT2D eigenvalue weighted by molar-refractivity contribution is 6.37. The molecule has 1 rings (SSSR count). The van der Waals surface area contributed by atoms with Crippen LogP contribution in [0.15, 0.2) is 12.1 Å². The second-order valence-electron chi connectivity index (χ2n) is 3.05. The third kappa shape index (κ3) is 3.51. The lowest BCUT2D eigenvalue weighted by atomic mass is 10.1. The van der Waals surface area contributed by atoms with Gasteiger partial charge in [0, 0.05) is 5.02 Å². The second-order valence-corrected chi connectivity index (χ2v) is 3.89. The molecule has 5 nitrogen and oxygen atoms in total. The zero-order chi connectivity index (χ0) is 13.0. The molecule has 0 bridgehead atoms. The number of rotatable bonds is 4. The number of benzene rings is 1. The fourth-order valence-electron chi connectivity index (χ4n) is 1.15. The zero-order valence-electron chi connectivity index (χ0n) is 8.79. The van der Waals surface area contributed by atoms with E-state index in [4.69, 9.17) is 28.3 Å². The molecule has 0 atom stereocenters. The van der Waals surface area contributed by atoms with Gasteiger partial charge in [-0.1, -0.05) is 23.2 Å². The smallest absolute Gasteiger partial charge is 0.337 e. The van der Waals surface area contributed by atoms with Crippen molar-refractivity contribution in [3.05, 3.63) is 27.7 Å². The topological polar surface area (TPSA) is 75.6 Å². The lowest BCUT2D eigenvalue weighted by Gasteiger charge is -2.11. The van der Waals surface area contributed by atoms with E-state index in [1.165, 1.54) is 19.2 Å². The van der Waals surface area contributed by atoms with Crippen LogP contribution in [0, 0.1) is 0 Å². The number of aromatic carboxylic acids is 1. The maximum atomic E-state index is 11.0. The first kappa shape index (κ1) is 13.6. The predicted octanol–water partition coefficient (Wildman–Crippen LogP) is 2.28. The number of esters is 1. The molecule has 1 aromatic rings. The summed E-state index contributed by atoms with van der Waals surface area (Å²) in [6, 6.07) is 2.63. The Morgan fingerprint density at radius 1 is 1.41 bits per heavy atom. The lowest BCUT2D eigenvalue weighted by molar-refractivity contribution is -0.138. The van der Waals surface area contributed by atoms with Crippen LogP contribution in [0.1, 0.15) is 10.4 Å². The van der Waals surface area contributed by atoms with Crippen molar-refractivity contribution < 1.29 is 19.4 Å². The minimum Gasteiger partial charge on any atom is -0.478 e. The van der Waals surface area contributed by atoms with Crippen LogP contribution in [0.2, 0.25) is 10.0 Å². The molecule has 0 amide bonds. The first-order chi connectivity index (χ1) is 7.95. The quantitative estimate of drug-likeness (QED) is 0.826. The van der Waals surface area contributed by atoms with E-state index < -0.39 is 11.9 Å². The number of carboxylic acids is 1. The third-order valence-corrected chi connectivity index (χ3v) is 2.44. The summed E-state index contributed by atoms with van der Waals surface area (Å²) < 4.78 is 4.42. The van der Waals surface area contributed by atoms with Gasteiger partial charge >= 0.3 is 11.9 Å². The molecule has 92 valence electrons. The number of carboxylic acid groups (broad SMARTS) is 1. The average Bonchev–Trinajstić information content (AvgIpc) is 2.26. The first-order valence-electron chi connectivity index (χ1n) is 4.48. The Morgan fingerprint density at radius 3 is 2.59 bits per heavy atom. The van der Waals surface area contributed by atoms with E-state index in [0.717, 1.165) is 0 Å². The van der Waals surface area contributed by atoms with Crippen molar-refractivity contribution in [1.29, 1.82) is 0 Å². The first-order valence-corrected chi connectivity index (χ1v) is 5.24. The van der Waals surface area contributed by atoms with Crippen LogP contribution in [0.3, 0.4) is 0 Å². The number of hydrogen-bond acceptors (Lipinski definition) is 4. The summed E-state index contributed by atoms with van der Waals surface area (Å²) in [6.45, 7) is -0.182. The Kier molecular flexibility index (Phi) is 4.60. The lowest BCUT2D eigenvalue weighted by Crippen LogP contribution is -2.17. The van der Waals surface area contributed by atoms with Gasteiger partial charge in [-0.15, -0.1) is 0 Å². The summed E-state index contributed by atoms with van der Waals surface area (Å²) in [4.78, 5) is 21.9. The Labute approximate surface area is 107 Å². The molecule has 0 aliphatic rings. The van der Waals surface area contributed by atoms with Crippen molar-refractivity contribution in [2.45, 2.75) is 0 Å². The van der Waals surface area contributed by atoms with E-state index in [9.17, 15) is 9.59 Å². The van der Waals surface area contributed by atoms with Gasteiger partial charge < -0.3 is 15.2 Å². The molecule has 0 heterocycles. The maximum absolute atomic E-state index is 11.0. The van der Waals surface area contributed by atoms with E-state index in [1.54, 1.807) is 0 Å². The van der Waals surface area contributed by atoms with Gasteiger partial charge in [-0.05, 0) is 12.1 Å². The van der Waals surface area contributed by atoms with Crippen molar-refractivity contribution in [2.75, 3.05) is 19.0 Å². The SMILES string of the molecule is COC(=O)CNc1c(Cl)cc(Cl)cc1C(=O)O. The normalized spacial score (nSPS) is 9.82. The van der Waals surface area contributed by atoms with Crippen LogP contribution in [-0.4, -0.2) is 30.7 Å². The number of methoxy groups -OCH3 is 1. The molecule has 0 saturated heterocycles. The van der Waals surface area contributed by atoms with E-state index in [1.807, 2.05) is 0 Å². The fraction of sp³-hybridized carbons (Fsp3) is 0.200. The van der Waals surface area contributed by atoms with Crippen molar-refractivity contribution >= 4 is 40.8 Å². The molecule has 0 unspecified atom stereocenters. The molecular formula is C10H9Cl2NO4. The Balaban J connectivity index is 3.04. The number of ether oxygens (including phenoxy) is 1. The summed E-state index contributed by atoms with van der Waals surface area (Å²) in [5.41, 5.74) is 0.0281. The highest BCUT2D eigenvalue weighted by Crippen LogP contribution is 2.30. The fourth-order valence-corrected chi connectivity index (χ4v) is 1.71. The number of anilines is 1. The summed E-state index contributed by atoms with van der Waals surface area (Å²) in [6.07, 6.45) is 0. The molecule has 0 spiro atoms. The summed E-state index contributed by atoms with van der Waals surface area (Å²) in [7, 11) is 1.23. The number of carbonyl (C=O) groups is 2. The van der Waals surface area contributed by atoms with Crippen LogP contribution in [0.5, 0.6) is 0 Å². The molecule has 1 aromatic carbocycles. The van der Waals surface area contributed by atoms with Crippen molar-refractivity contribution in [3.63, 3.8) is 0 Å². The minimum atomic E-state index is -1.19. The molecule has 17 heavy (non-hydrogen) atoms. The summed E-state index contributed by atoms with van der Waals surface area (Å²) in [5, 5.41) is 11.9. The number of nitrogens with one attached hydrogen (secondary N) is 1. The highest BCUT2D eigenvalue weighted by atomic mass is 35.5. The predicted molar refractivity (Wildman–Crippen MR) is 63.9 cm³/mol. The minimum absolute atomic E-state index is 0.105. The molecule has 2 N–H and O–H groups in total. The maximum Gasteiger partial charge on any atom is 0.337 e. The zero-order valence-corrected chi connectivity index (χ0v) is 10.3. The van der Waals surface area contributed by atoms with E-state index in [-0.39, 0.29) is 27.8 Å². The number of halogens is 2. The third-order valence-electron chi connectivity index (χ3n) is 1.92. The molecule has 0 aliphatic carbocycles. The molecule has 0 saturated carbocycles. The van der Waals surface area contributed by atoms with Gasteiger partial charge in [-0.3, -0.25) is 4.79 Å². The monoisotopic (exact) mass is 277 g/mol. The van der Waals surface area contributed by atoms with Crippen LogP contribution >= 0.6 is 23.2 Å². The van der Waals surface area contributed by atoms with Gasteiger partial charge in [0.15, 0.2) is 0 Å². The Hall–Kier alpha value is -1.46. The van der Waals surface area contributed by atoms with Gasteiger partial charge in [0.05, 0.1) is 23.4 Å². The van der Waals surface area contributed by atoms with Crippen LogP contribution < -0.4 is 5.32 Å². The number of carbonyl (C=O) groups excluding carboxylic acids is 1. The van der Waals surface area contributed by atoms with E-state index in [2.05, 4.69) is 10.1 Å². The van der Waals surface area contributed by atoms with Gasteiger partial charge in [0.1, 0.15) is 6.54 Å². The number of hydrogen-bond donors (Lipinski definition) is 2. The van der Waals surface area contributed by atoms with Gasteiger partial charge in [-0.2, -0.15) is 0 Å². The van der Waals surface area contributed by atoms with Crippen LogP contribution in [0.4, 0.5) is 5.69 Å². The van der Waals surface area contributed by atoms with Crippen molar-refractivity contribution in [3.8, 4) is 0 Å². The van der Waals surface area contributed by atoms with Gasteiger partial charge in [-0.25, -0.2) is 4.79 Å². The van der Waals surface area contributed by atoms with E-state index >= 15 is 0 Å². The summed E-state index contributed by atoms with van der Waals surface area (Å²) >= 11 is 11.5. The van der Waals surface area contributed by atoms with E-state index in [0.29, 0.717) is 0 Å². The van der Waals surface area contributed by atoms with Crippen LogP contribution in [0.25, 0.3) is 0 Å². The Bertz CT molecular complexity index is 462. The van der Waals surface area contributed by atoms with Gasteiger partial charge in [0.2, 0.25) is 0 Å². The molecule has 0 aliphatic heterocycles. The second kappa shape index (κ2) is 5.75. The molecular weight excluding hydrogens is 269 g/mol. The highest BCUT2D eigenvalue weighted by Gasteiger charge is 2.15. The molecule has 0 fully saturated rings. The average molecular weight is 278 g/mol. The molecule has 7 heteroatoms. The van der Waals surface area contributed by atoms with Gasteiger partial charge in [0.25, 0.3) is 0 Å². The van der Waals surface area contributed by atoms with Crippen LogP contribution in [-0.2, 0) is 9.53 Å².